The second-order valence-corrected chi connectivity index (χ2v) is 17.8. The van der Waals surface area contributed by atoms with E-state index in [0.717, 1.165) is 40.0 Å². The van der Waals surface area contributed by atoms with Crippen molar-refractivity contribution in [3.63, 3.8) is 0 Å². The minimum Gasteiger partial charge on any atom is -0.467 e. The molecule has 1 aromatic heterocycles. The first-order chi connectivity index (χ1) is 34.7. The van der Waals surface area contributed by atoms with Gasteiger partial charge in [-0.05, 0) is 80.2 Å². The van der Waals surface area contributed by atoms with Crippen LogP contribution in [0, 0.1) is 0 Å². The average molecular weight is 1050 g/mol. The summed E-state index contributed by atoms with van der Waals surface area (Å²) in [5, 5.41) is 115. The second kappa shape index (κ2) is 31.5. The molecular weight excluding hydrogens is 980 g/mol. The van der Waals surface area contributed by atoms with Crippen LogP contribution < -0.4 is 28.3 Å². The number of guanidine groups is 1. The van der Waals surface area contributed by atoms with Crippen LogP contribution in [0.1, 0.15) is 66.6 Å². The SMILES string of the molecule is COC(=O)[C@H](CCCCN)N(CCCN(C[C@H](O)[C@@H](O)[C@H](O)[C@H](O)CO)[C@H](O)[C@H](O)[C@H](O)[C@H](O)[C@H](O)CO)C(=O)CCc1ccc(-c2ccc(CCCCN=C(N)NC(=O)c3nc(Cl)c(N)nc3N)cc2)cc1. The van der Waals surface area contributed by atoms with Crippen LogP contribution in [0.3, 0.4) is 0 Å². The van der Waals surface area contributed by atoms with Gasteiger partial charge in [-0.3, -0.25) is 24.8 Å². The fraction of sp³-hybridized carbons (Fsp3) is 0.574. The van der Waals surface area contributed by atoms with Gasteiger partial charge in [0.15, 0.2) is 28.4 Å². The lowest BCUT2D eigenvalue weighted by atomic mass is 9.99. The molecule has 26 heteroatoms. The lowest BCUT2D eigenvalue weighted by Gasteiger charge is -2.38. The van der Waals surface area contributed by atoms with Crippen LogP contribution in [0.2, 0.25) is 5.15 Å². The Morgan fingerprint density at radius 3 is 1.84 bits per heavy atom. The Morgan fingerprint density at radius 1 is 0.712 bits per heavy atom. The van der Waals surface area contributed by atoms with Crippen LogP contribution in [0.4, 0.5) is 11.6 Å². The Kier molecular flexibility index (Phi) is 26.8. The van der Waals surface area contributed by atoms with Crippen LogP contribution in [0.5, 0.6) is 0 Å². The van der Waals surface area contributed by atoms with E-state index in [0.29, 0.717) is 32.4 Å². The zero-order chi connectivity index (χ0) is 54.4. The number of ether oxygens (including phenoxy) is 1. The minimum absolute atomic E-state index is 0.0491. The number of aliphatic hydroxyl groups is 11. The van der Waals surface area contributed by atoms with E-state index in [1.165, 1.54) is 12.0 Å². The van der Waals surface area contributed by atoms with Crippen LogP contribution in [0.15, 0.2) is 53.5 Å². The molecule has 3 rings (SSSR count). The van der Waals surface area contributed by atoms with Gasteiger partial charge in [-0.1, -0.05) is 60.1 Å². The van der Waals surface area contributed by atoms with Crippen LogP contribution in [-0.2, 0) is 27.2 Å². The summed E-state index contributed by atoms with van der Waals surface area (Å²) in [5.41, 5.74) is 26.4. The van der Waals surface area contributed by atoms with E-state index < -0.39 is 98.6 Å². The van der Waals surface area contributed by atoms with Gasteiger partial charge in [0.2, 0.25) is 5.91 Å². The van der Waals surface area contributed by atoms with Crippen molar-refractivity contribution in [2.75, 3.05) is 64.5 Å². The average Bonchev–Trinajstić information content (AvgIpc) is 3.39. The number of halogens is 1. The van der Waals surface area contributed by atoms with Gasteiger partial charge in [0.1, 0.15) is 55.0 Å². The summed E-state index contributed by atoms with van der Waals surface area (Å²) in [6.45, 7) is -2.57. The van der Waals surface area contributed by atoms with Gasteiger partial charge in [0.25, 0.3) is 5.91 Å². The molecule has 0 aliphatic carbocycles. The van der Waals surface area contributed by atoms with E-state index in [9.17, 15) is 70.6 Å². The number of esters is 1. The lowest BCUT2D eigenvalue weighted by molar-refractivity contribution is -0.180. The summed E-state index contributed by atoms with van der Waals surface area (Å²) in [4.78, 5) is 53.8. The Morgan fingerprint density at radius 2 is 1.27 bits per heavy atom. The molecule has 0 fully saturated rings. The first kappa shape index (κ1) is 62.1. The van der Waals surface area contributed by atoms with Crippen LogP contribution in [-0.4, -0.2) is 214 Å². The number of anilines is 2. The lowest BCUT2D eigenvalue weighted by Crippen LogP contribution is -2.58. The molecule has 25 nitrogen and oxygen atoms in total. The van der Waals surface area contributed by atoms with Crippen molar-refractivity contribution in [2.45, 2.75) is 119 Å². The number of aliphatic hydroxyl groups excluding tert-OH is 11. The van der Waals surface area contributed by atoms with Gasteiger partial charge >= 0.3 is 5.97 Å². The number of nitrogens with two attached hydrogens (primary N) is 4. The Hall–Kier alpha value is -5.23. The van der Waals surface area contributed by atoms with E-state index in [1.54, 1.807) is 0 Å². The predicted molar refractivity (Wildman–Crippen MR) is 268 cm³/mol. The van der Waals surface area contributed by atoms with Crippen LogP contribution in [0.25, 0.3) is 11.1 Å². The molecule has 0 bridgehead atoms. The molecule has 2 amide bonds. The number of aryl methyl sites for hydroxylation is 2. The summed E-state index contributed by atoms with van der Waals surface area (Å²) in [5.74, 6) is -2.30. The molecule has 0 radical (unpaired) electrons. The largest absolute Gasteiger partial charge is 0.467 e. The van der Waals surface area contributed by atoms with Gasteiger partial charge in [0, 0.05) is 32.6 Å². The summed E-state index contributed by atoms with van der Waals surface area (Å²) < 4.78 is 5.08. The highest BCUT2D eigenvalue weighted by Crippen LogP contribution is 2.23. The number of methoxy groups -OCH3 is 1. The molecular formula is C47H73ClN10O15. The summed E-state index contributed by atoms with van der Waals surface area (Å²) in [6, 6.07) is 14.6. The molecule has 1 heterocycles. The Bertz CT molecular complexity index is 2180. The van der Waals surface area contributed by atoms with Gasteiger partial charge in [-0.15, -0.1) is 0 Å². The summed E-state index contributed by atoms with van der Waals surface area (Å²) >= 11 is 5.84. The fourth-order valence-electron chi connectivity index (χ4n) is 7.68. The molecule has 73 heavy (non-hydrogen) atoms. The van der Waals surface area contributed by atoms with Crippen molar-refractivity contribution in [1.29, 1.82) is 0 Å². The number of hydrogen-bond acceptors (Lipinski definition) is 22. The molecule has 0 saturated carbocycles. The fourth-order valence-corrected chi connectivity index (χ4v) is 7.80. The molecule has 20 N–H and O–H groups in total. The number of hydrogen-bond donors (Lipinski definition) is 16. The maximum absolute atomic E-state index is 14.1. The van der Waals surface area contributed by atoms with Gasteiger partial charge in [0.05, 0.1) is 26.4 Å². The van der Waals surface area contributed by atoms with Crippen molar-refractivity contribution in [3.8, 4) is 11.1 Å². The minimum atomic E-state index is -2.27. The molecule has 3 aromatic rings. The topological polar surface area (TPSA) is 444 Å². The van der Waals surface area contributed by atoms with Crippen LogP contribution >= 0.6 is 11.6 Å². The van der Waals surface area contributed by atoms with E-state index >= 15 is 0 Å². The first-order valence-corrected chi connectivity index (χ1v) is 24.1. The number of unbranched alkanes of at least 4 members (excludes halogenated alkanes) is 2. The third-order valence-electron chi connectivity index (χ3n) is 12.0. The van der Waals surface area contributed by atoms with Crippen molar-refractivity contribution >= 4 is 47.0 Å². The number of nitrogens with one attached hydrogen (secondary N) is 1. The van der Waals surface area contributed by atoms with E-state index in [2.05, 4.69) is 20.3 Å². The molecule has 0 spiro atoms. The van der Waals surface area contributed by atoms with Gasteiger partial charge < -0.3 is 88.7 Å². The third kappa shape index (κ3) is 19.2. The maximum atomic E-state index is 14.1. The standard InChI is InChI=1S/C47H73ClN10O15/c1-73-46(72)30(8-2-4-19-49)58(22-6-21-57(23-31(61)36(65)37(66)32(62)24-59)45(71)40(69)39(68)38(67)33(63)25-60)34(64)18-13-27-11-16-29(17-12-27)28-14-9-26(10-15-28)7-3-5-20-53-47(52)56-44(70)35-42(50)55-43(51)41(48)54-35/h9-12,14-17,30-33,36-40,45,59-63,65-69,71H,2-8,13,18-25,49H2,1H3,(H4,50,51,55)(H3,52,53,56,70)/t30-,31-,32+,33+,36+,37+,38+,39+,40+,45+/m0/s1. The molecule has 2 aromatic carbocycles. The summed E-state index contributed by atoms with van der Waals surface area (Å²) in [6.07, 6.45) is -15.2. The quantitative estimate of drug-likeness (QED) is 0.00942. The number of aromatic nitrogens is 2. The number of benzene rings is 2. The molecule has 0 unspecified atom stereocenters. The predicted octanol–water partition coefficient (Wildman–Crippen LogP) is -3.66. The number of amides is 2. The number of nitrogens with zero attached hydrogens (tertiary/aromatic N) is 5. The smallest absolute Gasteiger partial charge is 0.328 e. The zero-order valence-electron chi connectivity index (χ0n) is 40.7. The number of aliphatic imine (C=N–C) groups is 1. The third-order valence-corrected chi connectivity index (χ3v) is 12.3. The zero-order valence-corrected chi connectivity index (χ0v) is 41.4. The highest BCUT2D eigenvalue weighted by Gasteiger charge is 2.39. The maximum Gasteiger partial charge on any atom is 0.328 e. The van der Waals surface area contributed by atoms with Crippen molar-refractivity contribution in [3.05, 3.63) is 70.5 Å². The monoisotopic (exact) mass is 1050 g/mol. The molecule has 408 valence electrons. The highest BCUT2D eigenvalue weighted by atomic mass is 35.5. The normalized spacial score (nSPS) is 16.1. The van der Waals surface area contributed by atoms with Crippen molar-refractivity contribution in [1.82, 2.24) is 25.1 Å². The van der Waals surface area contributed by atoms with Crippen molar-refractivity contribution < 1.29 is 75.3 Å². The van der Waals surface area contributed by atoms with E-state index in [4.69, 9.17) is 39.3 Å². The number of rotatable bonds is 32. The molecule has 0 saturated heterocycles. The van der Waals surface area contributed by atoms with E-state index in [-0.39, 0.29) is 67.2 Å². The Labute approximate surface area is 427 Å². The van der Waals surface area contributed by atoms with E-state index in [1.807, 2.05) is 48.5 Å². The second-order valence-electron chi connectivity index (χ2n) is 17.4. The van der Waals surface area contributed by atoms with Crippen molar-refractivity contribution in [2.24, 2.45) is 16.5 Å². The number of nitrogen functional groups attached to an aromatic ring is 2. The molecule has 0 aliphatic heterocycles. The number of carbonyl (C=O) groups is 3. The first-order valence-electron chi connectivity index (χ1n) is 23.7. The summed E-state index contributed by atoms with van der Waals surface area (Å²) in [7, 11) is 1.18. The molecule has 10 atom stereocenters. The van der Waals surface area contributed by atoms with Gasteiger partial charge in [-0.2, -0.15) is 0 Å². The number of carbonyl (C=O) groups excluding carboxylic acids is 3. The van der Waals surface area contributed by atoms with Gasteiger partial charge in [-0.25, -0.2) is 14.8 Å². The Balaban J connectivity index is 1.68. The highest BCUT2D eigenvalue weighted by molar-refractivity contribution is 6.31. The molecule has 0 aliphatic rings.